The quantitative estimate of drug-likeness (QED) is 0.823. The fourth-order valence-electron chi connectivity index (χ4n) is 2.35. The lowest BCUT2D eigenvalue weighted by Gasteiger charge is -2.15. The van der Waals surface area contributed by atoms with Crippen LogP contribution in [-0.2, 0) is 6.18 Å². The smallest absolute Gasteiger partial charge is 0.388 e. The van der Waals surface area contributed by atoms with Crippen LogP contribution in [0.1, 0.15) is 42.9 Å². The Morgan fingerprint density at radius 1 is 1.25 bits per heavy atom. The second-order valence-electron chi connectivity index (χ2n) is 4.99. The lowest BCUT2D eigenvalue weighted by molar-refractivity contribution is -0.140. The van der Waals surface area contributed by atoms with E-state index in [0.29, 0.717) is 17.1 Å². The number of alkyl halides is 3. The van der Waals surface area contributed by atoms with E-state index in [1.807, 2.05) is 0 Å². The van der Waals surface area contributed by atoms with Crippen LogP contribution in [0.2, 0.25) is 0 Å². The van der Waals surface area contributed by atoms with E-state index in [1.165, 1.54) is 12.8 Å². The predicted octanol–water partition coefficient (Wildman–Crippen LogP) is 4.55. The first kappa shape index (κ1) is 15.6. The molecule has 0 bridgehead atoms. The molecule has 2 rings (SSSR count). The van der Waals surface area contributed by atoms with Gasteiger partial charge in [0.15, 0.2) is 0 Å². The van der Waals surface area contributed by atoms with Crippen molar-refractivity contribution in [3.8, 4) is 0 Å². The minimum absolute atomic E-state index is 0.195. The number of hydrogen-bond donors (Lipinski definition) is 1. The standard InChI is InChI=1S/C14H16F4OS/c15-12-7-9(5-6-11(12)14(16,17)18)13(19)8-20-10-3-1-2-4-10/h5-7,10,13,19H,1-4,8H2. The van der Waals surface area contributed by atoms with Crippen molar-refractivity contribution in [2.24, 2.45) is 0 Å². The number of aliphatic hydroxyl groups is 1. The molecule has 1 aliphatic carbocycles. The number of thioether (sulfide) groups is 1. The Balaban J connectivity index is 1.99. The Kier molecular flexibility index (Phi) is 4.96. The van der Waals surface area contributed by atoms with Crippen LogP contribution in [0.3, 0.4) is 0 Å². The largest absolute Gasteiger partial charge is 0.419 e. The van der Waals surface area contributed by atoms with Gasteiger partial charge in [0.2, 0.25) is 0 Å². The predicted molar refractivity (Wildman–Crippen MR) is 71.1 cm³/mol. The van der Waals surface area contributed by atoms with E-state index < -0.39 is 23.7 Å². The highest BCUT2D eigenvalue weighted by molar-refractivity contribution is 7.99. The lowest BCUT2D eigenvalue weighted by Crippen LogP contribution is -2.10. The molecular formula is C14H16F4OS. The average Bonchev–Trinajstić information content (AvgIpc) is 2.87. The Labute approximate surface area is 119 Å². The van der Waals surface area contributed by atoms with E-state index in [2.05, 4.69) is 0 Å². The molecule has 0 amide bonds. The second kappa shape index (κ2) is 6.35. The van der Waals surface area contributed by atoms with Crippen molar-refractivity contribution >= 4 is 11.8 Å². The highest BCUT2D eigenvalue weighted by Crippen LogP contribution is 2.34. The first-order chi connectivity index (χ1) is 9.38. The van der Waals surface area contributed by atoms with Crippen LogP contribution in [0.5, 0.6) is 0 Å². The van der Waals surface area contributed by atoms with Gasteiger partial charge in [-0.1, -0.05) is 18.9 Å². The van der Waals surface area contributed by atoms with Crippen LogP contribution in [0.4, 0.5) is 17.6 Å². The Morgan fingerprint density at radius 3 is 2.45 bits per heavy atom. The second-order valence-corrected chi connectivity index (χ2v) is 6.33. The van der Waals surface area contributed by atoms with Gasteiger partial charge < -0.3 is 5.11 Å². The number of aliphatic hydroxyl groups excluding tert-OH is 1. The van der Waals surface area contributed by atoms with Gasteiger partial charge in [-0.2, -0.15) is 24.9 Å². The molecule has 0 heterocycles. The van der Waals surface area contributed by atoms with E-state index in [9.17, 15) is 22.7 Å². The summed E-state index contributed by atoms with van der Waals surface area (Å²) in [7, 11) is 0. The lowest BCUT2D eigenvalue weighted by atomic mass is 10.1. The van der Waals surface area contributed by atoms with Crippen LogP contribution in [0.25, 0.3) is 0 Å². The highest BCUT2D eigenvalue weighted by Gasteiger charge is 2.34. The van der Waals surface area contributed by atoms with Gasteiger partial charge in [-0.15, -0.1) is 0 Å². The van der Waals surface area contributed by atoms with Crippen molar-refractivity contribution in [1.29, 1.82) is 0 Å². The van der Waals surface area contributed by atoms with Crippen molar-refractivity contribution in [1.82, 2.24) is 0 Å². The zero-order chi connectivity index (χ0) is 14.8. The van der Waals surface area contributed by atoms with Crippen molar-refractivity contribution < 1.29 is 22.7 Å². The first-order valence-corrected chi connectivity index (χ1v) is 7.59. The number of halogens is 4. The third-order valence-corrected chi connectivity index (χ3v) is 4.93. The normalized spacial score (nSPS) is 18.4. The van der Waals surface area contributed by atoms with Gasteiger partial charge in [0.1, 0.15) is 5.82 Å². The monoisotopic (exact) mass is 308 g/mol. The molecule has 1 aliphatic rings. The van der Waals surface area contributed by atoms with E-state index in [0.717, 1.165) is 25.0 Å². The van der Waals surface area contributed by atoms with Crippen molar-refractivity contribution in [3.63, 3.8) is 0 Å². The van der Waals surface area contributed by atoms with E-state index in [1.54, 1.807) is 11.8 Å². The molecule has 1 aromatic carbocycles. The molecule has 1 saturated carbocycles. The third kappa shape index (κ3) is 3.88. The van der Waals surface area contributed by atoms with E-state index in [4.69, 9.17) is 0 Å². The Hall–Kier alpha value is -0.750. The summed E-state index contributed by atoms with van der Waals surface area (Å²) in [5, 5.41) is 10.4. The summed E-state index contributed by atoms with van der Waals surface area (Å²) in [6.07, 6.45) is -1.05. The molecule has 0 radical (unpaired) electrons. The Bertz CT molecular complexity index is 455. The van der Waals surface area contributed by atoms with Crippen molar-refractivity contribution in [2.75, 3.05) is 5.75 Å². The highest BCUT2D eigenvalue weighted by atomic mass is 32.2. The Morgan fingerprint density at radius 2 is 1.90 bits per heavy atom. The summed E-state index contributed by atoms with van der Waals surface area (Å²) in [5.41, 5.74) is -1.10. The maximum atomic E-state index is 13.4. The first-order valence-electron chi connectivity index (χ1n) is 6.54. The molecule has 6 heteroatoms. The minimum Gasteiger partial charge on any atom is -0.388 e. The van der Waals surface area contributed by atoms with E-state index >= 15 is 0 Å². The molecule has 1 nitrogen and oxygen atoms in total. The third-order valence-electron chi connectivity index (χ3n) is 3.48. The molecule has 1 aromatic rings. The molecule has 0 spiro atoms. The van der Waals surface area contributed by atoms with Crippen LogP contribution in [0.15, 0.2) is 18.2 Å². The maximum absolute atomic E-state index is 13.4. The van der Waals surface area contributed by atoms with Gasteiger partial charge in [-0.3, -0.25) is 0 Å². The van der Waals surface area contributed by atoms with Gasteiger partial charge in [0.25, 0.3) is 0 Å². The van der Waals surface area contributed by atoms with Gasteiger partial charge in [-0.25, -0.2) is 4.39 Å². The maximum Gasteiger partial charge on any atom is 0.419 e. The fourth-order valence-corrected chi connectivity index (χ4v) is 3.66. The molecule has 0 aliphatic heterocycles. The minimum atomic E-state index is -4.70. The van der Waals surface area contributed by atoms with Crippen molar-refractivity contribution in [3.05, 3.63) is 35.1 Å². The molecule has 0 aromatic heterocycles. The SMILES string of the molecule is OC(CSC1CCCC1)c1ccc(C(F)(F)F)c(F)c1. The molecule has 20 heavy (non-hydrogen) atoms. The summed E-state index contributed by atoms with van der Waals surface area (Å²) < 4.78 is 50.7. The summed E-state index contributed by atoms with van der Waals surface area (Å²) in [4.78, 5) is 0. The topological polar surface area (TPSA) is 20.2 Å². The average molecular weight is 308 g/mol. The van der Waals surface area contributed by atoms with Gasteiger partial charge in [0.05, 0.1) is 11.7 Å². The van der Waals surface area contributed by atoms with Crippen molar-refractivity contribution in [2.45, 2.75) is 43.2 Å². The molecule has 1 fully saturated rings. The summed E-state index contributed by atoms with van der Waals surface area (Å²) in [6.45, 7) is 0. The van der Waals surface area contributed by atoms with Gasteiger partial charge >= 0.3 is 6.18 Å². The number of hydrogen-bond acceptors (Lipinski definition) is 2. The number of benzene rings is 1. The zero-order valence-electron chi connectivity index (χ0n) is 10.8. The van der Waals surface area contributed by atoms with E-state index in [-0.39, 0.29) is 5.56 Å². The van der Waals surface area contributed by atoms with Gasteiger partial charge in [0, 0.05) is 11.0 Å². The molecule has 112 valence electrons. The molecular weight excluding hydrogens is 292 g/mol. The van der Waals surface area contributed by atoms with Crippen LogP contribution < -0.4 is 0 Å². The van der Waals surface area contributed by atoms with Crippen LogP contribution >= 0.6 is 11.8 Å². The summed E-state index contributed by atoms with van der Waals surface area (Å²) in [6, 6.07) is 2.61. The zero-order valence-corrected chi connectivity index (χ0v) is 11.6. The summed E-state index contributed by atoms with van der Waals surface area (Å²) >= 11 is 1.61. The molecule has 1 atom stereocenters. The molecule has 1 unspecified atom stereocenters. The van der Waals surface area contributed by atoms with Crippen LogP contribution in [-0.4, -0.2) is 16.1 Å². The van der Waals surface area contributed by atoms with Gasteiger partial charge in [-0.05, 0) is 30.5 Å². The summed E-state index contributed by atoms with van der Waals surface area (Å²) in [5.74, 6) is -0.949. The molecule has 1 N–H and O–H groups in total. The molecule has 0 saturated heterocycles. The van der Waals surface area contributed by atoms with Crippen LogP contribution in [0, 0.1) is 5.82 Å². The number of rotatable bonds is 4. The fraction of sp³-hybridized carbons (Fsp3) is 0.571.